The van der Waals surface area contributed by atoms with Gasteiger partial charge in [0.05, 0.1) is 16.8 Å². The maximum Gasteiger partial charge on any atom is 0.228 e. The lowest BCUT2D eigenvalue weighted by Crippen LogP contribution is -2.21. The maximum absolute atomic E-state index is 12.1. The summed E-state index contributed by atoms with van der Waals surface area (Å²) in [6, 6.07) is 5.75. The first-order chi connectivity index (χ1) is 10.1. The van der Waals surface area contributed by atoms with Crippen LogP contribution in [0.2, 0.25) is 0 Å². The Hall–Kier alpha value is -1.66. The maximum atomic E-state index is 12.1. The lowest BCUT2D eigenvalue weighted by atomic mass is 10.1. The number of carbonyl (C=O) groups is 1. The van der Waals surface area contributed by atoms with Crippen molar-refractivity contribution in [1.29, 1.82) is 0 Å². The topological polar surface area (TPSA) is 77.2 Å². The van der Waals surface area contributed by atoms with Crippen molar-refractivity contribution >= 4 is 32.6 Å². The van der Waals surface area contributed by atoms with Crippen LogP contribution in [0.4, 0.5) is 5.13 Å². The highest BCUT2D eigenvalue weighted by Crippen LogP contribution is 2.29. The van der Waals surface area contributed by atoms with Gasteiger partial charge in [-0.15, -0.1) is 0 Å². The normalized spacial score (nSPS) is 12.3. The lowest BCUT2D eigenvalue weighted by molar-refractivity contribution is -0.119. The highest BCUT2D eigenvalue weighted by molar-refractivity contribution is 7.22. The zero-order valence-electron chi connectivity index (χ0n) is 12.4. The number of nitrogens with zero attached hydrogens (tertiary/aromatic N) is 1. The minimum absolute atomic E-state index is 0.00691. The third-order valence-corrected chi connectivity index (χ3v) is 4.12. The van der Waals surface area contributed by atoms with Crippen LogP contribution in [0, 0.1) is 5.92 Å². The molecule has 0 saturated heterocycles. The van der Waals surface area contributed by atoms with Gasteiger partial charge in [0.25, 0.3) is 0 Å². The number of rotatable bonds is 7. The standard InChI is InChI=1S/C15H21N3O2S/c1-3-20-11-6-7-12-13(9-11)21-15(17-12)18-14(19)10(2)5-4-8-16/h6-7,9-10H,3-5,8,16H2,1-2H3,(H,17,18,19). The van der Waals surface area contributed by atoms with E-state index < -0.39 is 0 Å². The fraction of sp³-hybridized carbons (Fsp3) is 0.467. The number of nitrogens with two attached hydrogens (primary N) is 1. The Labute approximate surface area is 128 Å². The molecule has 0 saturated carbocycles. The summed E-state index contributed by atoms with van der Waals surface area (Å²) in [6.45, 7) is 5.10. The summed E-state index contributed by atoms with van der Waals surface area (Å²) in [5.41, 5.74) is 6.33. The van der Waals surface area contributed by atoms with Crippen molar-refractivity contribution in [3.8, 4) is 5.75 Å². The van der Waals surface area contributed by atoms with E-state index in [4.69, 9.17) is 10.5 Å². The number of benzene rings is 1. The molecule has 1 amide bonds. The first-order valence-electron chi connectivity index (χ1n) is 7.18. The minimum atomic E-state index is -0.0560. The predicted octanol–water partition coefficient (Wildman–Crippen LogP) is 3.01. The molecule has 2 aromatic rings. The number of hydrogen-bond acceptors (Lipinski definition) is 5. The summed E-state index contributed by atoms with van der Waals surface area (Å²) < 4.78 is 6.47. The van der Waals surface area contributed by atoms with Gasteiger partial charge in [0, 0.05) is 5.92 Å². The number of nitrogens with one attached hydrogen (secondary N) is 1. The second-order valence-electron chi connectivity index (χ2n) is 4.90. The molecule has 3 N–H and O–H groups in total. The molecular formula is C15H21N3O2S. The molecule has 0 bridgehead atoms. The number of ether oxygens (including phenoxy) is 1. The van der Waals surface area contributed by atoms with Crippen LogP contribution in [0.15, 0.2) is 18.2 Å². The van der Waals surface area contributed by atoms with E-state index >= 15 is 0 Å². The van der Waals surface area contributed by atoms with E-state index in [-0.39, 0.29) is 11.8 Å². The number of thiazole rings is 1. The van der Waals surface area contributed by atoms with Crippen molar-refractivity contribution in [3.05, 3.63) is 18.2 Å². The Morgan fingerprint density at radius 1 is 1.52 bits per heavy atom. The fourth-order valence-electron chi connectivity index (χ4n) is 2.00. The van der Waals surface area contributed by atoms with Crippen LogP contribution in [0.1, 0.15) is 26.7 Å². The zero-order valence-corrected chi connectivity index (χ0v) is 13.2. The molecule has 1 unspecified atom stereocenters. The van der Waals surface area contributed by atoms with Crippen LogP contribution < -0.4 is 15.8 Å². The van der Waals surface area contributed by atoms with E-state index in [1.54, 1.807) is 0 Å². The summed E-state index contributed by atoms with van der Waals surface area (Å²) in [6.07, 6.45) is 1.65. The molecule has 0 radical (unpaired) electrons. The van der Waals surface area contributed by atoms with E-state index in [9.17, 15) is 4.79 Å². The molecule has 2 rings (SSSR count). The lowest BCUT2D eigenvalue weighted by Gasteiger charge is -2.09. The molecule has 5 nitrogen and oxygen atoms in total. The Kier molecular flexibility index (Phi) is 5.52. The van der Waals surface area contributed by atoms with E-state index in [1.807, 2.05) is 32.0 Å². The monoisotopic (exact) mass is 307 g/mol. The summed E-state index contributed by atoms with van der Waals surface area (Å²) in [4.78, 5) is 16.5. The smallest absolute Gasteiger partial charge is 0.228 e. The van der Waals surface area contributed by atoms with Gasteiger partial charge in [-0.2, -0.15) is 0 Å². The van der Waals surface area contributed by atoms with Crippen LogP contribution in [0.5, 0.6) is 5.75 Å². The molecule has 1 atom stereocenters. The van der Waals surface area contributed by atoms with Gasteiger partial charge in [-0.25, -0.2) is 4.98 Å². The number of amides is 1. The Balaban J connectivity index is 2.06. The molecule has 0 fully saturated rings. The minimum Gasteiger partial charge on any atom is -0.494 e. The highest BCUT2D eigenvalue weighted by Gasteiger charge is 2.14. The Morgan fingerprint density at radius 2 is 2.33 bits per heavy atom. The number of carbonyl (C=O) groups excluding carboxylic acids is 1. The van der Waals surface area contributed by atoms with Gasteiger partial charge in [0.1, 0.15) is 5.75 Å². The summed E-state index contributed by atoms with van der Waals surface area (Å²) in [5, 5.41) is 3.51. The van der Waals surface area contributed by atoms with Crippen molar-refractivity contribution < 1.29 is 9.53 Å². The molecule has 1 heterocycles. The summed E-state index contributed by atoms with van der Waals surface area (Å²) >= 11 is 1.46. The van der Waals surface area contributed by atoms with Crippen molar-refractivity contribution in [3.63, 3.8) is 0 Å². The van der Waals surface area contributed by atoms with Gasteiger partial charge in [0.15, 0.2) is 5.13 Å². The van der Waals surface area contributed by atoms with E-state index in [1.165, 1.54) is 11.3 Å². The van der Waals surface area contributed by atoms with Crippen LogP contribution in [-0.2, 0) is 4.79 Å². The molecule has 21 heavy (non-hydrogen) atoms. The molecule has 0 aliphatic carbocycles. The number of fused-ring (bicyclic) bond motifs is 1. The fourth-order valence-corrected chi connectivity index (χ4v) is 2.90. The first kappa shape index (κ1) is 15.7. The molecule has 1 aromatic heterocycles. The molecule has 0 aliphatic heterocycles. The van der Waals surface area contributed by atoms with Gasteiger partial charge < -0.3 is 15.8 Å². The molecule has 1 aromatic carbocycles. The third-order valence-electron chi connectivity index (χ3n) is 3.19. The van der Waals surface area contributed by atoms with Crippen molar-refractivity contribution in [2.24, 2.45) is 11.7 Å². The molecule has 0 spiro atoms. The zero-order chi connectivity index (χ0) is 15.2. The van der Waals surface area contributed by atoms with Crippen molar-refractivity contribution in [1.82, 2.24) is 4.98 Å². The first-order valence-corrected chi connectivity index (χ1v) is 8.00. The van der Waals surface area contributed by atoms with Crippen LogP contribution >= 0.6 is 11.3 Å². The van der Waals surface area contributed by atoms with Gasteiger partial charge in [-0.1, -0.05) is 18.3 Å². The van der Waals surface area contributed by atoms with Gasteiger partial charge >= 0.3 is 0 Å². The van der Waals surface area contributed by atoms with Crippen molar-refractivity contribution in [2.45, 2.75) is 26.7 Å². The van der Waals surface area contributed by atoms with Crippen molar-refractivity contribution in [2.75, 3.05) is 18.5 Å². The average Bonchev–Trinajstić information content (AvgIpc) is 2.86. The van der Waals surface area contributed by atoms with Crippen LogP contribution in [0.3, 0.4) is 0 Å². The highest BCUT2D eigenvalue weighted by atomic mass is 32.1. The molecule has 114 valence electrons. The van der Waals surface area contributed by atoms with Crippen LogP contribution in [-0.4, -0.2) is 24.0 Å². The quantitative estimate of drug-likeness (QED) is 0.824. The SMILES string of the molecule is CCOc1ccc2nc(NC(=O)C(C)CCCN)sc2c1. The number of aromatic nitrogens is 1. The van der Waals surface area contributed by atoms with Gasteiger partial charge in [-0.05, 0) is 44.5 Å². The molecule has 6 heteroatoms. The van der Waals surface area contributed by atoms with Gasteiger partial charge in [-0.3, -0.25) is 4.79 Å². The Bertz CT molecular complexity index is 612. The second-order valence-corrected chi connectivity index (χ2v) is 5.93. The largest absolute Gasteiger partial charge is 0.494 e. The van der Waals surface area contributed by atoms with E-state index in [2.05, 4.69) is 10.3 Å². The second kappa shape index (κ2) is 7.38. The van der Waals surface area contributed by atoms with Crippen LogP contribution in [0.25, 0.3) is 10.2 Å². The Morgan fingerprint density at radius 3 is 3.05 bits per heavy atom. The summed E-state index contributed by atoms with van der Waals surface area (Å²) in [5.74, 6) is 0.759. The third kappa shape index (κ3) is 4.15. The number of hydrogen-bond donors (Lipinski definition) is 2. The molecular weight excluding hydrogens is 286 g/mol. The average molecular weight is 307 g/mol. The molecule has 0 aliphatic rings. The summed E-state index contributed by atoms with van der Waals surface area (Å²) in [7, 11) is 0. The van der Waals surface area contributed by atoms with E-state index in [0.29, 0.717) is 18.3 Å². The number of anilines is 1. The van der Waals surface area contributed by atoms with Gasteiger partial charge in [0.2, 0.25) is 5.91 Å². The predicted molar refractivity (Wildman–Crippen MR) is 86.9 cm³/mol. The van der Waals surface area contributed by atoms with E-state index in [0.717, 1.165) is 28.8 Å².